The van der Waals surface area contributed by atoms with Gasteiger partial charge in [0.25, 0.3) is 20.2 Å². The Morgan fingerprint density at radius 2 is 1.00 bits per heavy atom. The minimum Gasteiger partial charge on any atom is -0.489 e. The maximum atomic E-state index is 9.19. The molecule has 0 bridgehead atoms. The van der Waals surface area contributed by atoms with Crippen LogP contribution in [0.4, 0.5) is 11.4 Å². The van der Waals surface area contributed by atoms with Crippen LogP contribution < -0.4 is 20.1 Å². The summed E-state index contributed by atoms with van der Waals surface area (Å²) in [6, 6.07) is 26.1. The van der Waals surface area contributed by atoms with E-state index >= 15 is 0 Å². The minimum atomic E-state index is -3.67. The highest BCUT2D eigenvalue weighted by molar-refractivity contribution is 7.85. The van der Waals surface area contributed by atoms with Crippen molar-refractivity contribution < 1.29 is 39.8 Å². The van der Waals surface area contributed by atoms with Gasteiger partial charge in [0.1, 0.15) is 46.1 Å². The van der Waals surface area contributed by atoms with E-state index in [2.05, 4.69) is 20.6 Å². The molecule has 0 amide bonds. The lowest BCUT2D eigenvalue weighted by Crippen LogP contribution is -2.15. The molecule has 0 radical (unpaired) electrons. The second-order valence-electron chi connectivity index (χ2n) is 11.8. The molecule has 3 aromatic heterocycles. The predicted molar refractivity (Wildman–Crippen MR) is 205 cm³/mol. The first kappa shape index (κ1) is 41.8. The molecule has 5 aromatic rings. The van der Waals surface area contributed by atoms with Crippen molar-refractivity contribution in [2.75, 3.05) is 23.1 Å². The van der Waals surface area contributed by atoms with Gasteiger partial charge in [-0.3, -0.25) is 29.9 Å². The molecule has 0 aliphatic rings. The van der Waals surface area contributed by atoms with Crippen LogP contribution in [0.1, 0.15) is 39.1 Å². The monoisotopic (exact) mass is 766 g/mol. The smallest absolute Gasteiger partial charge is 0.261 e. The quantitative estimate of drug-likeness (QED) is 0.0484. The fourth-order valence-electron chi connectivity index (χ4n) is 4.33. The van der Waals surface area contributed by atoms with Gasteiger partial charge in [0, 0.05) is 23.5 Å². The number of pyridine rings is 2. The topological polar surface area (TPSA) is 238 Å². The van der Waals surface area contributed by atoms with Crippen LogP contribution in [0.25, 0.3) is 22.6 Å². The molecule has 6 N–H and O–H groups in total. The van der Waals surface area contributed by atoms with Gasteiger partial charge in [-0.25, -0.2) is 0 Å². The highest BCUT2D eigenvalue weighted by Crippen LogP contribution is 2.37. The molecule has 5 rings (SSSR count). The van der Waals surface area contributed by atoms with Crippen molar-refractivity contribution in [2.45, 2.75) is 39.9 Å². The van der Waals surface area contributed by atoms with Gasteiger partial charge in [-0.1, -0.05) is 12.1 Å². The number of aromatic nitrogens is 2. The van der Waals surface area contributed by atoms with Gasteiger partial charge in [-0.15, -0.1) is 0 Å². The molecule has 15 nitrogen and oxygen atoms in total. The summed E-state index contributed by atoms with van der Waals surface area (Å²) in [7, 11) is -7.33. The summed E-state index contributed by atoms with van der Waals surface area (Å²) < 4.78 is 70.2. The summed E-state index contributed by atoms with van der Waals surface area (Å²) in [6.07, 6.45) is 4.60. The Morgan fingerprint density at radius 3 is 1.30 bits per heavy atom. The minimum absolute atomic E-state index is 0.0716. The van der Waals surface area contributed by atoms with Gasteiger partial charge in [-0.05, 0) is 100 Å². The number of ether oxygens (including phenoxy) is 2. The molecule has 0 aliphatic carbocycles. The Kier molecular flexibility index (Phi) is 14.8. The Labute approximate surface area is 309 Å². The molecule has 0 aliphatic heterocycles. The Hall–Kier alpha value is -5.62. The van der Waals surface area contributed by atoms with Crippen LogP contribution in [0.3, 0.4) is 0 Å². The standard InChI is InChI=1S/C34H34N6O3.2CH4O3S/c1-21(2)41-31-19-23(11-13-25(31)39-33(35)27-9-5-7-17-37-27)29-15-16-30(43-29)24-12-14-26(32(20-24)42-22(3)4)40-34(36)28-10-6-8-18-38-28;2*1-5(2,3)4/h5-22H,1-4H3,(H2,35,39)(H2,36,40);2*1H3,(H,2,3,4). The lowest BCUT2D eigenvalue weighted by Gasteiger charge is -2.17. The van der Waals surface area contributed by atoms with Crippen molar-refractivity contribution in [3.63, 3.8) is 0 Å². The number of furan rings is 1. The SMILES string of the molecule is CC(C)Oc1cc(-c2ccc(-c3ccc(NC(=N)c4ccccn4)c(OC(C)C)c3)o2)ccc1NC(=N)c1ccccn1.CS(=O)(=O)O.CS(=O)(=O)O. The molecule has 3 heterocycles. The summed E-state index contributed by atoms with van der Waals surface area (Å²) in [5.41, 5.74) is 4.06. The van der Waals surface area contributed by atoms with Crippen molar-refractivity contribution >= 4 is 43.3 Å². The molecule has 0 saturated heterocycles. The second-order valence-corrected chi connectivity index (χ2v) is 14.7. The van der Waals surface area contributed by atoms with Crippen LogP contribution in [0.5, 0.6) is 11.5 Å². The molecule has 53 heavy (non-hydrogen) atoms. The summed E-state index contributed by atoms with van der Waals surface area (Å²) in [6.45, 7) is 7.83. The molecule has 2 aromatic carbocycles. The fourth-order valence-corrected chi connectivity index (χ4v) is 4.33. The number of amidine groups is 2. The van der Waals surface area contributed by atoms with Gasteiger partial charge in [-0.2, -0.15) is 16.8 Å². The van der Waals surface area contributed by atoms with Crippen molar-refractivity contribution in [3.05, 3.63) is 109 Å². The number of hydrogen-bond acceptors (Lipinski definition) is 11. The average Bonchev–Trinajstić information content (AvgIpc) is 3.56. The molecular weight excluding hydrogens is 725 g/mol. The Bertz CT molecular complexity index is 2040. The third kappa shape index (κ3) is 15.3. The third-order valence-electron chi connectivity index (χ3n) is 6.23. The Balaban J connectivity index is 0.000000669. The first-order valence-electron chi connectivity index (χ1n) is 15.9. The zero-order valence-electron chi connectivity index (χ0n) is 29.9. The van der Waals surface area contributed by atoms with Crippen molar-refractivity contribution in [1.29, 1.82) is 10.8 Å². The zero-order valence-corrected chi connectivity index (χ0v) is 31.5. The zero-order chi connectivity index (χ0) is 39.3. The molecule has 0 unspecified atom stereocenters. The summed E-state index contributed by atoms with van der Waals surface area (Å²) >= 11 is 0. The van der Waals surface area contributed by atoms with Crippen LogP contribution in [0, 0.1) is 10.8 Å². The maximum absolute atomic E-state index is 9.19. The van der Waals surface area contributed by atoms with E-state index in [-0.39, 0.29) is 23.9 Å². The van der Waals surface area contributed by atoms with E-state index in [1.807, 2.05) is 100 Å². The van der Waals surface area contributed by atoms with E-state index in [0.717, 1.165) is 11.1 Å². The molecule has 17 heteroatoms. The fraction of sp³-hybridized carbons (Fsp3) is 0.222. The van der Waals surface area contributed by atoms with Crippen LogP contribution in [0.2, 0.25) is 0 Å². The van der Waals surface area contributed by atoms with Gasteiger partial charge < -0.3 is 24.5 Å². The number of anilines is 2. The highest BCUT2D eigenvalue weighted by atomic mass is 32.2. The van der Waals surface area contributed by atoms with E-state index in [0.29, 0.717) is 58.3 Å². The van der Waals surface area contributed by atoms with Gasteiger partial charge >= 0.3 is 0 Å². The normalized spacial score (nSPS) is 11.1. The largest absolute Gasteiger partial charge is 0.489 e. The summed E-state index contributed by atoms with van der Waals surface area (Å²) in [4.78, 5) is 8.50. The predicted octanol–water partition coefficient (Wildman–Crippen LogP) is 6.86. The van der Waals surface area contributed by atoms with E-state index in [4.69, 9.17) is 33.8 Å². The Morgan fingerprint density at radius 1 is 0.642 bits per heavy atom. The second kappa shape index (κ2) is 18.7. The van der Waals surface area contributed by atoms with E-state index in [9.17, 15) is 16.8 Å². The molecular formula is C36H42N6O9S2. The third-order valence-corrected chi connectivity index (χ3v) is 6.23. The van der Waals surface area contributed by atoms with E-state index in [1.54, 1.807) is 24.5 Å². The highest BCUT2D eigenvalue weighted by Gasteiger charge is 2.16. The first-order valence-corrected chi connectivity index (χ1v) is 19.6. The van der Waals surface area contributed by atoms with Gasteiger partial charge in [0.15, 0.2) is 0 Å². The van der Waals surface area contributed by atoms with Crippen LogP contribution >= 0.6 is 0 Å². The maximum Gasteiger partial charge on any atom is 0.261 e. The van der Waals surface area contributed by atoms with Crippen molar-refractivity contribution in [2.24, 2.45) is 0 Å². The van der Waals surface area contributed by atoms with Gasteiger partial charge in [0.2, 0.25) is 0 Å². The van der Waals surface area contributed by atoms with Crippen LogP contribution in [-0.2, 0) is 20.2 Å². The molecule has 0 spiro atoms. The van der Waals surface area contributed by atoms with E-state index < -0.39 is 20.2 Å². The van der Waals surface area contributed by atoms with E-state index in [1.165, 1.54) is 0 Å². The molecule has 282 valence electrons. The van der Waals surface area contributed by atoms with Crippen LogP contribution in [0.15, 0.2) is 102 Å². The van der Waals surface area contributed by atoms with Gasteiger partial charge in [0.05, 0.1) is 36.1 Å². The molecule has 0 saturated carbocycles. The molecule has 0 fully saturated rings. The summed E-state index contributed by atoms with van der Waals surface area (Å²) in [5.74, 6) is 2.89. The number of nitrogens with zero attached hydrogens (tertiary/aromatic N) is 2. The number of hydrogen-bond donors (Lipinski definition) is 6. The number of rotatable bonds is 10. The number of benzene rings is 2. The van der Waals surface area contributed by atoms with Crippen molar-refractivity contribution in [3.8, 4) is 34.1 Å². The summed E-state index contributed by atoms with van der Waals surface area (Å²) in [5, 5.41) is 23.1. The molecule has 0 atom stereocenters. The average molecular weight is 767 g/mol. The first-order chi connectivity index (χ1) is 24.8. The van der Waals surface area contributed by atoms with Crippen molar-refractivity contribution in [1.82, 2.24) is 9.97 Å². The lowest BCUT2D eigenvalue weighted by molar-refractivity contribution is 0.243. The lowest BCUT2D eigenvalue weighted by atomic mass is 10.1. The van der Waals surface area contributed by atoms with Crippen LogP contribution in [-0.4, -0.2) is 72.3 Å². The number of nitrogens with one attached hydrogen (secondary N) is 4.